The molecule has 0 saturated heterocycles. The van der Waals surface area contributed by atoms with Gasteiger partial charge < -0.3 is 5.48 Å². The summed E-state index contributed by atoms with van der Waals surface area (Å²) in [6.07, 6.45) is 11.4. The average molecular weight is 373 g/mol. The minimum absolute atomic E-state index is 0. The largest absolute Gasteiger partial charge is 0.412 e. The van der Waals surface area contributed by atoms with Crippen LogP contribution in [0.5, 0.6) is 0 Å². The zero-order chi connectivity index (χ0) is 18.8. The van der Waals surface area contributed by atoms with Crippen LogP contribution in [0.4, 0.5) is 0 Å². The van der Waals surface area contributed by atoms with Gasteiger partial charge in [0.15, 0.2) is 0 Å². The van der Waals surface area contributed by atoms with Gasteiger partial charge in [-0.05, 0) is 49.0 Å². The van der Waals surface area contributed by atoms with E-state index in [0.717, 1.165) is 18.4 Å². The lowest BCUT2D eigenvalue weighted by Crippen LogP contribution is -2.19. The van der Waals surface area contributed by atoms with Crippen molar-refractivity contribution in [1.82, 2.24) is 0 Å². The molecule has 0 radical (unpaired) electrons. The molecule has 2 unspecified atom stereocenters. The number of carbonyl (C=O) groups excluding carboxylic acids is 1. The second kappa shape index (κ2) is 8.53. The molecule has 0 amide bonds. The minimum atomic E-state index is -0.0427. The molecule has 2 aliphatic rings. The Morgan fingerprint density at radius 1 is 0.964 bits per heavy atom. The Hall–Kier alpha value is -2.71. The fourth-order valence-corrected chi connectivity index (χ4v) is 4.16. The van der Waals surface area contributed by atoms with Gasteiger partial charge in [0, 0.05) is 18.3 Å². The van der Waals surface area contributed by atoms with E-state index in [0.29, 0.717) is 12.2 Å². The summed E-state index contributed by atoms with van der Waals surface area (Å²) in [5.41, 5.74) is 7.50. The van der Waals surface area contributed by atoms with E-state index in [-0.39, 0.29) is 17.3 Å². The highest BCUT2D eigenvalue weighted by Crippen LogP contribution is 2.43. The van der Waals surface area contributed by atoms with Crippen molar-refractivity contribution in [3.05, 3.63) is 106 Å². The molecule has 0 heterocycles. The van der Waals surface area contributed by atoms with Crippen molar-refractivity contribution < 1.29 is 10.3 Å². The van der Waals surface area contributed by atoms with E-state index in [1.165, 1.54) is 27.8 Å². The number of benzene rings is 2. The molecule has 4 rings (SSSR count). The number of allylic oxidation sites excluding steroid dienone is 6. The first-order valence-corrected chi connectivity index (χ1v) is 9.83. The SMILES string of the molecule is Cc1ccc(CC(=O)C2C=C(C3=CCC=C3)CC2c2ccc(C)cc2)cc1.O. The van der Waals surface area contributed by atoms with E-state index in [1.54, 1.807) is 0 Å². The first kappa shape index (κ1) is 20.0. The molecule has 0 fully saturated rings. The van der Waals surface area contributed by atoms with Crippen LogP contribution in [0.25, 0.3) is 0 Å². The molecule has 2 N–H and O–H groups in total. The van der Waals surface area contributed by atoms with Crippen LogP contribution in [0.15, 0.2) is 84.0 Å². The Kier molecular flexibility index (Phi) is 6.11. The second-order valence-electron chi connectivity index (χ2n) is 7.87. The van der Waals surface area contributed by atoms with Crippen LogP contribution in [0.3, 0.4) is 0 Å². The lowest BCUT2D eigenvalue weighted by Gasteiger charge is -2.19. The van der Waals surface area contributed by atoms with Crippen LogP contribution in [-0.2, 0) is 11.2 Å². The molecule has 0 saturated carbocycles. The van der Waals surface area contributed by atoms with Crippen LogP contribution >= 0.6 is 0 Å². The van der Waals surface area contributed by atoms with Crippen molar-refractivity contribution in [2.24, 2.45) is 5.92 Å². The first-order chi connectivity index (χ1) is 13.1. The molecule has 2 heteroatoms. The van der Waals surface area contributed by atoms with Gasteiger partial charge >= 0.3 is 0 Å². The number of Topliss-reactive ketones (excluding diaryl/α,β-unsaturated/α-hetero) is 1. The molecule has 0 aliphatic heterocycles. The number of hydrogen-bond acceptors (Lipinski definition) is 1. The van der Waals surface area contributed by atoms with Crippen molar-refractivity contribution in [3.8, 4) is 0 Å². The quantitative estimate of drug-likeness (QED) is 0.711. The molecule has 2 atom stereocenters. The number of rotatable bonds is 5. The maximum atomic E-state index is 13.2. The molecule has 28 heavy (non-hydrogen) atoms. The van der Waals surface area contributed by atoms with Gasteiger partial charge in [0.2, 0.25) is 0 Å². The van der Waals surface area contributed by atoms with Crippen LogP contribution < -0.4 is 0 Å². The lowest BCUT2D eigenvalue weighted by atomic mass is 9.83. The van der Waals surface area contributed by atoms with Gasteiger partial charge in [-0.25, -0.2) is 0 Å². The van der Waals surface area contributed by atoms with Gasteiger partial charge in [0.25, 0.3) is 0 Å². The Morgan fingerprint density at radius 3 is 2.21 bits per heavy atom. The third-order valence-electron chi connectivity index (χ3n) is 5.77. The summed E-state index contributed by atoms with van der Waals surface area (Å²) >= 11 is 0. The molecular formula is C26H28O2. The van der Waals surface area contributed by atoms with E-state index in [1.807, 2.05) is 0 Å². The summed E-state index contributed by atoms with van der Waals surface area (Å²) in [5.74, 6) is 0.523. The maximum absolute atomic E-state index is 13.2. The Balaban J connectivity index is 0.00000225. The minimum Gasteiger partial charge on any atom is -0.412 e. The topological polar surface area (TPSA) is 48.6 Å². The normalized spacial score (nSPS) is 20.5. The Labute approximate surface area is 167 Å². The van der Waals surface area contributed by atoms with Crippen molar-refractivity contribution in [3.63, 3.8) is 0 Å². The van der Waals surface area contributed by atoms with Crippen LogP contribution in [0.2, 0.25) is 0 Å². The Bertz CT molecular complexity index is 927. The van der Waals surface area contributed by atoms with Crippen molar-refractivity contribution >= 4 is 5.78 Å². The Morgan fingerprint density at radius 2 is 1.61 bits per heavy atom. The molecule has 0 spiro atoms. The zero-order valence-electron chi connectivity index (χ0n) is 16.6. The maximum Gasteiger partial charge on any atom is 0.144 e. The predicted molar refractivity (Wildman–Crippen MR) is 115 cm³/mol. The van der Waals surface area contributed by atoms with Gasteiger partial charge in [0.05, 0.1) is 0 Å². The average Bonchev–Trinajstić information content (AvgIpc) is 3.33. The van der Waals surface area contributed by atoms with Gasteiger partial charge in [-0.15, -0.1) is 0 Å². The van der Waals surface area contributed by atoms with Crippen molar-refractivity contribution in [2.75, 3.05) is 0 Å². The number of aryl methyl sites for hydroxylation is 2. The highest BCUT2D eigenvalue weighted by molar-refractivity contribution is 5.87. The fraction of sp³-hybridized carbons (Fsp3) is 0.269. The second-order valence-corrected chi connectivity index (χ2v) is 7.87. The number of carbonyl (C=O) groups is 1. The molecule has 2 aromatic carbocycles. The smallest absolute Gasteiger partial charge is 0.144 e. The number of ketones is 1. The monoisotopic (exact) mass is 372 g/mol. The summed E-state index contributed by atoms with van der Waals surface area (Å²) < 4.78 is 0. The van der Waals surface area contributed by atoms with E-state index >= 15 is 0 Å². The molecular weight excluding hydrogens is 344 g/mol. The molecule has 2 aromatic rings. The van der Waals surface area contributed by atoms with Gasteiger partial charge in [-0.2, -0.15) is 0 Å². The van der Waals surface area contributed by atoms with Gasteiger partial charge in [-0.3, -0.25) is 4.79 Å². The lowest BCUT2D eigenvalue weighted by molar-refractivity contribution is -0.121. The van der Waals surface area contributed by atoms with E-state index in [4.69, 9.17) is 0 Å². The fourth-order valence-electron chi connectivity index (χ4n) is 4.16. The summed E-state index contributed by atoms with van der Waals surface area (Å²) in [6, 6.07) is 17.0. The van der Waals surface area contributed by atoms with Crippen LogP contribution in [-0.4, -0.2) is 11.3 Å². The van der Waals surface area contributed by atoms with Crippen molar-refractivity contribution in [2.45, 2.75) is 39.0 Å². The molecule has 0 bridgehead atoms. The summed E-state index contributed by atoms with van der Waals surface area (Å²) in [4.78, 5) is 13.2. The molecule has 0 aromatic heterocycles. The molecule has 2 aliphatic carbocycles. The highest BCUT2D eigenvalue weighted by atomic mass is 16.1. The van der Waals surface area contributed by atoms with E-state index in [9.17, 15) is 4.79 Å². The summed E-state index contributed by atoms with van der Waals surface area (Å²) in [6.45, 7) is 4.18. The third-order valence-corrected chi connectivity index (χ3v) is 5.77. The summed E-state index contributed by atoms with van der Waals surface area (Å²) in [5, 5.41) is 0. The molecule has 144 valence electrons. The van der Waals surface area contributed by atoms with Gasteiger partial charge in [-0.1, -0.05) is 84.0 Å². The molecule has 2 nitrogen and oxygen atoms in total. The zero-order valence-corrected chi connectivity index (χ0v) is 16.6. The first-order valence-electron chi connectivity index (χ1n) is 9.83. The van der Waals surface area contributed by atoms with Gasteiger partial charge in [0.1, 0.15) is 5.78 Å². The van der Waals surface area contributed by atoms with Crippen LogP contribution in [0, 0.1) is 19.8 Å². The number of hydrogen-bond donors (Lipinski definition) is 0. The standard InChI is InChI=1S/C26H26O.H2O/c1-18-7-11-20(12-8-18)15-26(27)25-17-23(21-5-3-4-6-21)16-24(25)22-13-9-19(2)10-14-22;/h3,5-14,17,24-25H,4,15-16H2,1-2H3;1H2. The van der Waals surface area contributed by atoms with E-state index < -0.39 is 0 Å². The van der Waals surface area contributed by atoms with E-state index in [2.05, 4.69) is 86.7 Å². The predicted octanol–water partition coefficient (Wildman–Crippen LogP) is 5.21. The summed E-state index contributed by atoms with van der Waals surface area (Å²) in [7, 11) is 0. The van der Waals surface area contributed by atoms with Crippen LogP contribution in [0.1, 0.15) is 41.0 Å². The van der Waals surface area contributed by atoms with Crippen molar-refractivity contribution in [1.29, 1.82) is 0 Å². The third kappa shape index (κ3) is 4.23. The highest BCUT2D eigenvalue weighted by Gasteiger charge is 2.34.